The second-order valence-corrected chi connectivity index (χ2v) is 3.21. The zero-order chi connectivity index (χ0) is 7.49. The van der Waals surface area contributed by atoms with Gasteiger partial charge >= 0.3 is 0 Å². The van der Waals surface area contributed by atoms with Crippen LogP contribution in [0.3, 0.4) is 0 Å². The van der Waals surface area contributed by atoms with Gasteiger partial charge in [0.15, 0.2) is 0 Å². The maximum atomic E-state index is 8.65. The number of carboxylic acid groups (broad SMARTS) is 1. The maximum Gasteiger partial charge on any atom is 0.134 e. The van der Waals surface area contributed by atoms with Gasteiger partial charge in [-0.25, -0.2) is 0 Å². The van der Waals surface area contributed by atoms with Gasteiger partial charge in [0.25, 0.3) is 0 Å². The second-order valence-electron chi connectivity index (χ2n) is 2.90. The molecule has 0 aromatic carbocycles. The van der Waals surface area contributed by atoms with E-state index in [2.05, 4.69) is 25.4 Å². The van der Waals surface area contributed by atoms with Gasteiger partial charge in [-0.05, 0) is 18.3 Å². The molecule has 1 aliphatic rings. The van der Waals surface area contributed by atoms with Gasteiger partial charge in [-0.2, -0.15) is 0 Å². The van der Waals surface area contributed by atoms with E-state index in [0.29, 0.717) is 0 Å². The summed E-state index contributed by atoms with van der Waals surface area (Å²) < 4.78 is 0. The van der Waals surface area contributed by atoms with Gasteiger partial charge in [-0.15, -0.1) is 0 Å². The van der Waals surface area contributed by atoms with Crippen molar-refractivity contribution in [1.29, 1.82) is 0 Å². The molecule has 1 aliphatic carbocycles. The minimum atomic E-state index is -1.61. The van der Waals surface area contributed by atoms with E-state index >= 15 is 0 Å². The smallest absolute Gasteiger partial charge is 0.134 e. The third-order valence-corrected chi connectivity index (χ3v) is 1.25. The first-order valence-electron chi connectivity index (χ1n) is 2.80. The molecule has 0 N–H and O–H groups in total. The number of carbonyl (C=O) groups is 1. The van der Waals surface area contributed by atoms with Crippen molar-refractivity contribution in [2.45, 2.75) is 26.7 Å². The lowest BCUT2D eigenvalue weighted by Gasteiger charge is -1.86. The Balaban J connectivity index is 0.000000148. The van der Waals surface area contributed by atoms with Gasteiger partial charge in [-0.3, -0.25) is 0 Å². The number of hydrogen-bond acceptors (Lipinski definition) is 2. The van der Waals surface area contributed by atoms with Crippen molar-refractivity contribution < 1.29 is 9.90 Å². The Labute approximate surface area is 59.8 Å². The first kappa shape index (κ1) is 8.76. The maximum absolute atomic E-state index is 8.65. The molecule has 0 spiro atoms. The third kappa shape index (κ3) is 11.4. The van der Waals surface area contributed by atoms with E-state index in [1.807, 2.05) is 0 Å². The minimum absolute atomic E-state index is 0.750. The van der Waals surface area contributed by atoms with Gasteiger partial charge in [0, 0.05) is 0 Å². The van der Waals surface area contributed by atoms with Crippen LogP contribution in [-0.2, 0) is 0 Å². The lowest BCUT2D eigenvalue weighted by Crippen LogP contribution is -2.11. The molecular weight excluding hydrogens is 140 g/mol. The predicted molar refractivity (Wildman–Crippen MR) is 34.3 cm³/mol. The lowest BCUT2D eigenvalue weighted by atomic mass is 10.2. The van der Waals surface area contributed by atoms with Gasteiger partial charge in [-0.1, -0.05) is 25.4 Å². The topological polar surface area (TPSA) is 40.1 Å². The van der Waals surface area contributed by atoms with Crippen LogP contribution in [0.4, 0.5) is 4.79 Å². The van der Waals surface area contributed by atoms with Crippen LogP contribution in [0.15, 0.2) is 0 Å². The van der Waals surface area contributed by atoms with Crippen molar-refractivity contribution in [2.24, 2.45) is 5.41 Å². The number of hydrogen-bond donors (Lipinski definition) is 0. The Morgan fingerprint density at radius 3 is 1.67 bits per heavy atom. The van der Waals surface area contributed by atoms with E-state index in [1.165, 1.54) is 12.8 Å². The summed E-state index contributed by atoms with van der Waals surface area (Å²) in [4.78, 5) is 8.65. The zero-order valence-electron chi connectivity index (χ0n) is 5.61. The van der Waals surface area contributed by atoms with E-state index in [4.69, 9.17) is 9.90 Å². The standard InChI is InChI=1S/C5H10.CHClO2/c1-5(2)3-4-5;2-1(3)4/h3-4H2,1-2H3;(H,3,4)/p-1. The van der Waals surface area contributed by atoms with E-state index in [0.717, 1.165) is 5.41 Å². The largest absolute Gasteiger partial charge is 0.534 e. The summed E-state index contributed by atoms with van der Waals surface area (Å²) in [5.41, 5.74) is -0.861. The Bertz CT molecular complexity index is 99.6. The SMILES string of the molecule is CC1(C)CC1.O=C([O-])Cl. The van der Waals surface area contributed by atoms with Crippen LogP contribution >= 0.6 is 11.6 Å². The Kier molecular flexibility index (Phi) is 2.98. The zero-order valence-corrected chi connectivity index (χ0v) is 6.36. The van der Waals surface area contributed by atoms with Crippen LogP contribution in [0, 0.1) is 5.41 Å². The fourth-order valence-electron chi connectivity index (χ4n) is 0.250. The molecule has 0 heterocycles. The van der Waals surface area contributed by atoms with Gasteiger partial charge in [0.1, 0.15) is 5.43 Å². The quantitative estimate of drug-likeness (QED) is 0.488. The average Bonchev–Trinajstić information content (AvgIpc) is 2.16. The molecule has 54 valence electrons. The second kappa shape index (κ2) is 3.06. The highest BCUT2D eigenvalue weighted by Gasteiger charge is 2.30. The molecule has 1 saturated carbocycles. The van der Waals surface area contributed by atoms with Crippen molar-refractivity contribution in [3.05, 3.63) is 0 Å². The molecular formula is C6H10ClO2-. The van der Waals surface area contributed by atoms with E-state index < -0.39 is 5.43 Å². The third-order valence-electron chi connectivity index (χ3n) is 1.25. The molecule has 0 aromatic rings. The Hall–Kier alpha value is -0.240. The molecule has 3 heteroatoms. The van der Waals surface area contributed by atoms with Gasteiger partial charge in [0.2, 0.25) is 0 Å². The Morgan fingerprint density at radius 1 is 1.56 bits per heavy atom. The van der Waals surface area contributed by atoms with Crippen molar-refractivity contribution in [2.75, 3.05) is 0 Å². The fourth-order valence-corrected chi connectivity index (χ4v) is 0.250. The van der Waals surface area contributed by atoms with Crippen molar-refractivity contribution >= 4 is 17.0 Å². The lowest BCUT2D eigenvalue weighted by molar-refractivity contribution is -0.233. The van der Waals surface area contributed by atoms with E-state index in [-0.39, 0.29) is 0 Å². The van der Waals surface area contributed by atoms with Crippen LogP contribution in [0.2, 0.25) is 0 Å². The highest BCUT2D eigenvalue weighted by atomic mass is 35.5. The summed E-state index contributed by atoms with van der Waals surface area (Å²) in [6.45, 7) is 4.60. The molecule has 0 amide bonds. The van der Waals surface area contributed by atoms with Gasteiger partial charge < -0.3 is 9.90 Å². The number of carbonyl (C=O) groups excluding carboxylic acids is 1. The van der Waals surface area contributed by atoms with Crippen molar-refractivity contribution in [3.63, 3.8) is 0 Å². The highest BCUT2D eigenvalue weighted by molar-refractivity contribution is 6.59. The van der Waals surface area contributed by atoms with Crippen molar-refractivity contribution in [1.82, 2.24) is 0 Å². The predicted octanol–water partition coefficient (Wildman–Crippen LogP) is 1.37. The highest BCUT2D eigenvalue weighted by Crippen LogP contribution is 2.43. The number of halogens is 1. The normalized spacial score (nSPS) is 19.4. The summed E-state index contributed by atoms with van der Waals surface area (Å²) >= 11 is 4.08. The molecule has 0 atom stereocenters. The monoisotopic (exact) mass is 149 g/mol. The van der Waals surface area contributed by atoms with Crippen LogP contribution in [0.1, 0.15) is 26.7 Å². The molecule has 0 saturated heterocycles. The van der Waals surface area contributed by atoms with Crippen LogP contribution in [0.25, 0.3) is 0 Å². The first-order chi connectivity index (χ1) is 3.94. The first-order valence-corrected chi connectivity index (χ1v) is 3.18. The number of rotatable bonds is 0. The molecule has 0 radical (unpaired) electrons. The molecule has 0 aromatic heterocycles. The van der Waals surface area contributed by atoms with Gasteiger partial charge in [0.05, 0.1) is 0 Å². The molecule has 1 fully saturated rings. The molecule has 9 heavy (non-hydrogen) atoms. The summed E-state index contributed by atoms with van der Waals surface area (Å²) in [5, 5.41) is 8.65. The molecule has 0 bridgehead atoms. The summed E-state index contributed by atoms with van der Waals surface area (Å²) in [6, 6.07) is 0. The van der Waals surface area contributed by atoms with Crippen LogP contribution in [0.5, 0.6) is 0 Å². The van der Waals surface area contributed by atoms with Crippen LogP contribution in [-0.4, -0.2) is 5.43 Å². The van der Waals surface area contributed by atoms with Crippen molar-refractivity contribution in [3.8, 4) is 0 Å². The molecule has 1 rings (SSSR count). The minimum Gasteiger partial charge on any atom is -0.534 e. The molecule has 0 aliphatic heterocycles. The molecule has 2 nitrogen and oxygen atoms in total. The fraction of sp³-hybridized carbons (Fsp3) is 0.833. The van der Waals surface area contributed by atoms with E-state index in [9.17, 15) is 0 Å². The average molecular weight is 150 g/mol. The Morgan fingerprint density at radius 2 is 1.67 bits per heavy atom. The molecule has 0 unspecified atom stereocenters. The van der Waals surface area contributed by atoms with E-state index in [1.54, 1.807) is 0 Å². The summed E-state index contributed by atoms with van der Waals surface area (Å²) in [6.07, 6.45) is 2.90. The summed E-state index contributed by atoms with van der Waals surface area (Å²) in [7, 11) is 0. The summed E-state index contributed by atoms with van der Waals surface area (Å²) in [5.74, 6) is 0. The van der Waals surface area contributed by atoms with Crippen LogP contribution < -0.4 is 5.11 Å².